The van der Waals surface area contributed by atoms with Crippen LogP contribution in [-0.2, 0) is 11.2 Å². The number of aromatic nitrogens is 2. The Kier molecular flexibility index (Phi) is 6.08. The number of carbonyl (C=O) groups is 1. The van der Waals surface area contributed by atoms with E-state index in [9.17, 15) is 4.79 Å². The van der Waals surface area contributed by atoms with Crippen molar-refractivity contribution in [2.75, 3.05) is 44.3 Å². The maximum Gasteiger partial charge on any atom is 0.272 e. The van der Waals surface area contributed by atoms with Crippen LogP contribution in [0.1, 0.15) is 41.0 Å². The number of nitrogens with zero attached hydrogens (tertiary/aromatic N) is 4. The van der Waals surface area contributed by atoms with Gasteiger partial charge in [0.1, 0.15) is 11.3 Å². The van der Waals surface area contributed by atoms with Gasteiger partial charge in [0.25, 0.3) is 5.91 Å². The largest absolute Gasteiger partial charge is 0.464 e. The smallest absolute Gasteiger partial charge is 0.272 e. The number of piperidine rings is 1. The maximum absolute atomic E-state index is 13.5. The molecule has 4 heterocycles. The number of amides is 1. The number of ether oxygens (including phenoxy) is 1. The van der Waals surface area contributed by atoms with Crippen molar-refractivity contribution in [1.82, 2.24) is 14.9 Å². The van der Waals surface area contributed by atoms with Gasteiger partial charge >= 0.3 is 0 Å². The molecule has 32 heavy (non-hydrogen) atoms. The lowest BCUT2D eigenvalue weighted by Gasteiger charge is -2.28. The summed E-state index contributed by atoms with van der Waals surface area (Å²) >= 11 is 0. The molecule has 0 aliphatic carbocycles. The average molecular weight is 435 g/mol. The topological polar surface area (TPSA) is 71.7 Å². The molecule has 0 bridgehead atoms. The highest BCUT2D eigenvalue weighted by atomic mass is 16.5. The van der Waals surface area contributed by atoms with Gasteiger partial charge in [-0.15, -0.1) is 0 Å². The average Bonchev–Trinajstić information content (AvgIpc) is 3.19. The van der Waals surface area contributed by atoms with E-state index in [2.05, 4.69) is 20.9 Å². The van der Waals surface area contributed by atoms with Gasteiger partial charge in [-0.05, 0) is 56.4 Å². The van der Waals surface area contributed by atoms with Gasteiger partial charge in [0, 0.05) is 43.2 Å². The van der Waals surface area contributed by atoms with Crippen molar-refractivity contribution in [3.8, 4) is 0 Å². The molecule has 7 heteroatoms. The summed E-state index contributed by atoms with van der Waals surface area (Å²) in [6.45, 7) is 6.25. The van der Waals surface area contributed by atoms with E-state index in [0.717, 1.165) is 49.0 Å². The molecule has 0 spiro atoms. The normalized spacial score (nSPS) is 19.8. The van der Waals surface area contributed by atoms with Crippen LogP contribution in [0.3, 0.4) is 0 Å². The van der Waals surface area contributed by atoms with Crippen LogP contribution in [0.15, 0.2) is 41.0 Å². The van der Waals surface area contributed by atoms with E-state index >= 15 is 0 Å². The minimum atomic E-state index is -0.0363. The second kappa shape index (κ2) is 9.28. The predicted octanol–water partition coefficient (Wildman–Crippen LogP) is 3.85. The Labute approximate surface area is 188 Å². The van der Waals surface area contributed by atoms with Crippen molar-refractivity contribution in [2.45, 2.75) is 32.6 Å². The Morgan fingerprint density at radius 2 is 2.00 bits per heavy atom. The third-order valence-corrected chi connectivity index (χ3v) is 6.42. The minimum Gasteiger partial charge on any atom is -0.464 e. The molecule has 2 fully saturated rings. The Balaban J connectivity index is 1.34. The SMILES string of the molecule is Cc1cc(C(=O)N2CCOCC(Cc3cccc4occc34)C2)nc(N2CCCCC2)n1. The molecule has 0 N–H and O–H groups in total. The molecule has 2 aromatic heterocycles. The monoisotopic (exact) mass is 434 g/mol. The lowest BCUT2D eigenvalue weighted by molar-refractivity contribution is 0.0731. The van der Waals surface area contributed by atoms with Crippen LogP contribution in [0.2, 0.25) is 0 Å². The van der Waals surface area contributed by atoms with Gasteiger partial charge in [-0.1, -0.05) is 12.1 Å². The number of carbonyl (C=O) groups excluding carboxylic acids is 1. The van der Waals surface area contributed by atoms with Crippen molar-refractivity contribution in [3.63, 3.8) is 0 Å². The summed E-state index contributed by atoms with van der Waals surface area (Å²) < 4.78 is 11.4. The van der Waals surface area contributed by atoms with Gasteiger partial charge in [-0.3, -0.25) is 4.79 Å². The zero-order chi connectivity index (χ0) is 21.9. The lowest BCUT2D eigenvalue weighted by Crippen LogP contribution is -2.37. The summed E-state index contributed by atoms with van der Waals surface area (Å²) in [6.07, 6.45) is 6.10. The highest BCUT2D eigenvalue weighted by molar-refractivity contribution is 5.92. The highest BCUT2D eigenvalue weighted by Crippen LogP contribution is 2.24. The molecule has 2 aliphatic heterocycles. The number of benzene rings is 1. The second-order valence-corrected chi connectivity index (χ2v) is 8.89. The molecule has 2 saturated heterocycles. The maximum atomic E-state index is 13.5. The quantitative estimate of drug-likeness (QED) is 0.621. The van der Waals surface area contributed by atoms with Crippen molar-refractivity contribution >= 4 is 22.8 Å². The first kappa shape index (κ1) is 20.9. The molecule has 7 nitrogen and oxygen atoms in total. The molecule has 0 saturated carbocycles. The van der Waals surface area contributed by atoms with Crippen LogP contribution in [-0.4, -0.2) is 60.2 Å². The number of furan rings is 1. The standard InChI is InChI=1S/C25H30N4O3/c1-18-14-22(27-25(26-18)28-9-3-2-4-10-28)24(30)29-11-13-31-17-19(16-29)15-20-6-5-7-23-21(20)8-12-32-23/h5-8,12,14,19H,2-4,9-11,13,15-17H2,1H3. The fraction of sp³-hybridized carbons (Fsp3) is 0.480. The minimum absolute atomic E-state index is 0.0363. The van der Waals surface area contributed by atoms with E-state index < -0.39 is 0 Å². The van der Waals surface area contributed by atoms with E-state index in [4.69, 9.17) is 9.15 Å². The molecule has 2 aliphatic rings. The van der Waals surface area contributed by atoms with Gasteiger partial charge < -0.3 is 19.0 Å². The fourth-order valence-electron chi connectivity index (χ4n) is 4.79. The van der Waals surface area contributed by atoms with Crippen LogP contribution in [0, 0.1) is 12.8 Å². The van der Waals surface area contributed by atoms with Crippen LogP contribution in [0.5, 0.6) is 0 Å². The first-order valence-corrected chi connectivity index (χ1v) is 11.6. The Hall–Kier alpha value is -2.93. The summed E-state index contributed by atoms with van der Waals surface area (Å²) in [5.74, 6) is 0.861. The van der Waals surface area contributed by atoms with Crippen LogP contribution in [0.25, 0.3) is 11.0 Å². The van der Waals surface area contributed by atoms with E-state index in [1.54, 1.807) is 6.26 Å². The molecule has 0 radical (unpaired) electrons. The molecule has 1 atom stereocenters. The van der Waals surface area contributed by atoms with E-state index in [0.29, 0.717) is 37.9 Å². The zero-order valence-electron chi connectivity index (χ0n) is 18.6. The summed E-state index contributed by atoms with van der Waals surface area (Å²) in [5, 5.41) is 1.13. The second-order valence-electron chi connectivity index (χ2n) is 8.89. The lowest BCUT2D eigenvalue weighted by atomic mass is 9.97. The van der Waals surface area contributed by atoms with Gasteiger partial charge in [0.2, 0.25) is 5.95 Å². The van der Waals surface area contributed by atoms with Gasteiger partial charge in [-0.25, -0.2) is 9.97 Å². The fourth-order valence-corrected chi connectivity index (χ4v) is 4.79. The highest BCUT2D eigenvalue weighted by Gasteiger charge is 2.26. The number of hydrogen-bond donors (Lipinski definition) is 0. The van der Waals surface area contributed by atoms with Crippen molar-refractivity contribution in [2.24, 2.45) is 5.92 Å². The zero-order valence-corrected chi connectivity index (χ0v) is 18.6. The number of aryl methyl sites for hydroxylation is 1. The van der Waals surface area contributed by atoms with Crippen LogP contribution in [0.4, 0.5) is 5.95 Å². The number of hydrogen-bond acceptors (Lipinski definition) is 6. The summed E-state index contributed by atoms with van der Waals surface area (Å²) in [6, 6.07) is 9.95. The molecular weight excluding hydrogens is 404 g/mol. The first-order chi connectivity index (χ1) is 15.7. The summed E-state index contributed by atoms with van der Waals surface area (Å²) in [4.78, 5) is 26.8. The number of fused-ring (bicyclic) bond motifs is 1. The Morgan fingerprint density at radius 3 is 2.88 bits per heavy atom. The van der Waals surface area contributed by atoms with Gasteiger partial charge in [0.05, 0.1) is 19.5 Å². The van der Waals surface area contributed by atoms with E-state index in [1.165, 1.54) is 12.0 Å². The molecule has 1 amide bonds. The van der Waals surface area contributed by atoms with Gasteiger partial charge in [0.15, 0.2) is 0 Å². The van der Waals surface area contributed by atoms with E-state index in [-0.39, 0.29) is 11.8 Å². The number of rotatable bonds is 4. The summed E-state index contributed by atoms with van der Waals surface area (Å²) in [7, 11) is 0. The molecule has 168 valence electrons. The Bertz CT molecular complexity index is 1090. The predicted molar refractivity (Wildman–Crippen MR) is 123 cm³/mol. The van der Waals surface area contributed by atoms with Crippen LogP contribution < -0.4 is 4.90 Å². The Morgan fingerprint density at radius 1 is 1.12 bits per heavy atom. The van der Waals surface area contributed by atoms with Crippen molar-refractivity contribution in [3.05, 3.63) is 53.5 Å². The van der Waals surface area contributed by atoms with Crippen molar-refractivity contribution in [1.29, 1.82) is 0 Å². The third-order valence-electron chi connectivity index (χ3n) is 6.42. The first-order valence-electron chi connectivity index (χ1n) is 11.6. The number of anilines is 1. The third kappa shape index (κ3) is 4.48. The molecule has 3 aromatic rings. The summed E-state index contributed by atoms with van der Waals surface area (Å²) in [5.41, 5.74) is 3.44. The molecule has 5 rings (SSSR count). The van der Waals surface area contributed by atoms with Gasteiger partial charge in [-0.2, -0.15) is 0 Å². The molecule has 1 aromatic carbocycles. The van der Waals surface area contributed by atoms with Crippen LogP contribution >= 0.6 is 0 Å². The molecular formula is C25H30N4O3. The van der Waals surface area contributed by atoms with E-state index in [1.807, 2.05) is 36.1 Å². The molecule has 1 unspecified atom stereocenters. The van der Waals surface area contributed by atoms with Crippen molar-refractivity contribution < 1.29 is 13.9 Å².